The molecule has 0 aliphatic rings. The summed E-state index contributed by atoms with van der Waals surface area (Å²) in [6.45, 7) is 0. The topological polar surface area (TPSA) is 57.0 Å². The van der Waals surface area contributed by atoms with Crippen LogP contribution in [0.4, 0.5) is 0 Å². The van der Waals surface area contributed by atoms with Gasteiger partial charge in [0.25, 0.3) is 5.24 Å². The van der Waals surface area contributed by atoms with Gasteiger partial charge in [-0.25, -0.2) is 4.68 Å². The molecule has 82 valence electrons. The Hall–Kier alpha value is -1.88. The van der Waals surface area contributed by atoms with Gasteiger partial charge < -0.3 is 4.74 Å². The predicted molar refractivity (Wildman–Crippen MR) is 58.1 cm³/mol. The van der Waals surface area contributed by atoms with E-state index in [-0.39, 0.29) is 5.69 Å². The van der Waals surface area contributed by atoms with E-state index in [1.54, 1.807) is 31.4 Å². The summed E-state index contributed by atoms with van der Waals surface area (Å²) in [4.78, 5) is 10.8. The Kier molecular flexibility index (Phi) is 2.87. The summed E-state index contributed by atoms with van der Waals surface area (Å²) in [7, 11) is 1.59. The lowest BCUT2D eigenvalue weighted by atomic mass is 10.3. The summed E-state index contributed by atoms with van der Waals surface area (Å²) in [5, 5.41) is 6.79. The van der Waals surface area contributed by atoms with Crippen LogP contribution in [-0.4, -0.2) is 27.3 Å². The molecule has 6 heteroatoms. The van der Waals surface area contributed by atoms with E-state index < -0.39 is 5.24 Å². The van der Waals surface area contributed by atoms with E-state index in [0.717, 1.165) is 11.4 Å². The van der Waals surface area contributed by atoms with Crippen LogP contribution in [0.25, 0.3) is 5.69 Å². The van der Waals surface area contributed by atoms with Crippen molar-refractivity contribution in [3.8, 4) is 11.4 Å². The number of benzene rings is 1. The van der Waals surface area contributed by atoms with E-state index in [1.807, 2.05) is 0 Å². The second kappa shape index (κ2) is 4.32. The van der Waals surface area contributed by atoms with Gasteiger partial charge in [-0.2, -0.15) is 0 Å². The van der Waals surface area contributed by atoms with E-state index in [0.29, 0.717) is 0 Å². The van der Waals surface area contributed by atoms with E-state index in [9.17, 15) is 4.79 Å². The molecule has 0 atom stereocenters. The first-order valence-electron chi connectivity index (χ1n) is 4.47. The van der Waals surface area contributed by atoms with Gasteiger partial charge in [0.05, 0.1) is 19.0 Å². The lowest BCUT2D eigenvalue weighted by molar-refractivity contribution is 0.107. The highest BCUT2D eigenvalue weighted by atomic mass is 35.5. The molecule has 0 radical (unpaired) electrons. The molecular weight excluding hydrogens is 230 g/mol. The summed E-state index contributed by atoms with van der Waals surface area (Å²) < 4.78 is 6.50. The molecule has 5 nitrogen and oxygen atoms in total. The fourth-order valence-electron chi connectivity index (χ4n) is 1.22. The van der Waals surface area contributed by atoms with Crippen molar-refractivity contribution in [2.45, 2.75) is 0 Å². The average Bonchev–Trinajstić information content (AvgIpc) is 2.78. The minimum Gasteiger partial charge on any atom is -0.497 e. The molecular formula is C10H8ClN3O2. The van der Waals surface area contributed by atoms with Crippen molar-refractivity contribution in [1.29, 1.82) is 0 Å². The predicted octanol–water partition coefficient (Wildman–Crippen LogP) is 1.65. The molecule has 0 aliphatic carbocycles. The smallest absolute Gasteiger partial charge is 0.274 e. The molecule has 0 fully saturated rings. The second-order valence-corrected chi connectivity index (χ2v) is 3.36. The van der Waals surface area contributed by atoms with Crippen molar-refractivity contribution < 1.29 is 9.53 Å². The largest absolute Gasteiger partial charge is 0.497 e. The van der Waals surface area contributed by atoms with Crippen LogP contribution >= 0.6 is 11.6 Å². The van der Waals surface area contributed by atoms with Crippen molar-refractivity contribution in [3.63, 3.8) is 0 Å². The number of aromatic nitrogens is 3. The molecule has 0 aliphatic heterocycles. The Balaban J connectivity index is 2.31. The molecule has 0 spiro atoms. The quantitative estimate of drug-likeness (QED) is 0.762. The molecule has 1 aromatic heterocycles. The lowest BCUT2D eigenvalue weighted by Gasteiger charge is -2.01. The van der Waals surface area contributed by atoms with Crippen LogP contribution in [0.5, 0.6) is 5.75 Å². The number of nitrogens with zero attached hydrogens (tertiary/aromatic N) is 3. The zero-order chi connectivity index (χ0) is 11.5. The van der Waals surface area contributed by atoms with Gasteiger partial charge in [-0.05, 0) is 35.9 Å². The number of methoxy groups -OCH3 is 1. The van der Waals surface area contributed by atoms with E-state index >= 15 is 0 Å². The highest BCUT2D eigenvalue weighted by molar-refractivity contribution is 6.67. The Bertz CT molecular complexity index is 507. The fourth-order valence-corrected chi connectivity index (χ4v) is 1.30. The molecule has 0 saturated heterocycles. The van der Waals surface area contributed by atoms with Crippen molar-refractivity contribution in [3.05, 3.63) is 36.2 Å². The van der Waals surface area contributed by atoms with Crippen LogP contribution < -0.4 is 4.74 Å². The molecule has 0 N–H and O–H groups in total. The fraction of sp³-hybridized carbons (Fsp3) is 0.100. The van der Waals surface area contributed by atoms with Gasteiger partial charge in [0.2, 0.25) is 0 Å². The number of ether oxygens (including phenoxy) is 1. The van der Waals surface area contributed by atoms with Gasteiger partial charge in [0.15, 0.2) is 5.69 Å². The van der Waals surface area contributed by atoms with E-state index in [1.165, 1.54) is 10.9 Å². The van der Waals surface area contributed by atoms with Gasteiger partial charge in [-0.1, -0.05) is 5.21 Å². The first-order chi connectivity index (χ1) is 7.70. The summed E-state index contributed by atoms with van der Waals surface area (Å²) >= 11 is 5.28. The van der Waals surface area contributed by atoms with Crippen molar-refractivity contribution in [2.75, 3.05) is 7.11 Å². The van der Waals surface area contributed by atoms with Crippen LogP contribution in [0.2, 0.25) is 0 Å². The SMILES string of the molecule is COc1ccc(-n2cc(C(=O)Cl)nn2)cc1. The average molecular weight is 238 g/mol. The third kappa shape index (κ3) is 2.04. The molecule has 2 rings (SSSR count). The Morgan fingerprint density at radius 2 is 2.06 bits per heavy atom. The maximum absolute atomic E-state index is 10.8. The van der Waals surface area contributed by atoms with Gasteiger partial charge in [-0.15, -0.1) is 5.10 Å². The van der Waals surface area contributed by atoms with E-state index in [4.69, 9.17) is 16.3 Å². The van der Waals surface area contributed by atoms with Gasteiger partial charge in [0.1, 0.15) is 5.75 Å². The highest BCUT2D eigenvalue weighted by Crippen LogP contribution is 2.14. The second-order valence-electron chi connectivity index (χ2n) is 3.02. The molecule has 0 unspecified atom stereocenters. The number of carbonyl (C=O) groups is 1. The van der Waals surface area contributed by atoms with Crippen molar-refractivity contribution >= 4 is 16.8 Å². The number of halogens is 1. The molecule has 16 heavy (non-hydrogen) atoms. The van der Waals surface area contributed by atoms with Crippen molar-refractivity contribution in [2.24, 2.45) is 0 Å². The monoisotopic (exact) mass is 237 g/mol. The van der Waals surface area contributed by atoms with Crippen LogP contribution in [0.3, 0.4) is 0 Å². The number of hydrogen-bond donors (Lipinski definition) is 0. The molecule has 2 aromatic rings. The minimum atomic E-state index is -0.625. The maximum atomic E-state index is 10.8. The van der Waals surface area contributed by atoms with Crippen LogP contribution in [-0.2, 0) is 0 Å². The first-order valence-corrected chi connectivity index (χ1v) is 4.85. The zero-order valence-corrected chi connectivity index (χ0v) is 9.18. The summed E-state index contributed by atoms with van der Waals surface area (Å²) in [6.07, 6.45) is 1.47. The third-order valence-electron chi connectivity index (χ3n) is 2.03. The molecule has 1 heterocycles. The van der Waals surface area contributed by atoms with Crippen molar-refractivity contribution in [1.82, 2.24) is 15.0 Å². The lowest BCUT2D eigenvalue weighted by Crippen LogP contribution is -1.94. The standard InChI is InChI=1S/C10H8ClN3O2/c1-16-8-4-2-7(3-5-8)14-6-9(10(11)15)12-13-14/h2-6H,1H3. The highest BCUT2D eigenvalue weighted by Gasteiger charge is 2.08. The van der Waals surface area contributed by atoms with Gasteiger partial charge in [0, 0.05) is 0 Å². The number of rotatable bonds is 3. The van der Waals surface area contributed by atoms with Crippen LogP contribution in [0, 0.1) is 0 Å². The maximum Gasteiger partial charge on any atom is 0.274 e. The normalized spacial score (nSPS) is 10.1. The molecule has 1 aromatic carbocycles. The minimum absolute atomic E-state index is 0.123. The first kappa shape index (κ1) is 10.6. The molecule has 0 bridgehead atoms. The van der Waals surface area contributed by atoms with Gasteiger partial charge >= 0.3 is 0 Å². The zero-order valence-electron chi connectivity index (χ0n) is 8.42. The summed E-state index contributed by atoms with van der Waals surface area (Å²) in [6, 6.07) is 7.18. The molecule has 0 saturated carbocycles. The Morgan fingerprint density at radius 3 is 2.56 bits per heavy atom. The van der Waals surface area contributed by atoms with Gasteiger partial charge in [-0.3, -0.25) is 4.79 Å². The summed E-state index contributed by atoms with van der Waals surface area (Å²) in [5.74, 6) is 0.748. The number of carbonyl (C=O) groups excluding carboxylic acids is 1. The van der Waals surface area contributed by atoms with E-state index in [2.05, 4.69) is 10.3 Å². The summed E-state index contributed by atoms with van der Waals surface area (Å²) in [5.41, 5.74) is 0.898. The third-order valence-corrected chi connectivity index (χ3v) is 2.23. The molecule has 0 amide bonds. The number of hydrogen-bond acceptors (Lipinski definition) is 4. The Morgan fingerprint density at radius 1 is 1.38 bits per heavy atom. The Labute approximate surface area is 96.6 Å². The van der Waals surface area contributed by atoms with Crippen LogP contribution in [0.15, 0.2) is 30.5 Å². The van der Waals surface area contributed by atoms with Crippen LogP contribution in [0.1, 0.15) is 10.5 Å².